The maximum atomic E-state index is 13.4. The Labute approximate surface area is 222 Å². The Bertz CT molecular complexity index is 1740. The van der Waals surface area contributed by atoms with E-state index in [-0.39, 0.29) is 13.2 Å². The number of aromatic nitrogens is 3. The summed E-state index contributed by atoms with van der Waals surface area (Å²) in [6, 6.07) is 15.3. The highest BCUT2D eigenvalue weighted by molar-refractivity contribution is 6.30. The van der Waals surface area contributed by atoms with E-state index in [9.17, 15) is 14.7 Å². The van der Waals surface area contributed by atoms with Crippen LogP contribution >= 0.6 is 11.6 Å². The highest BCUT2D eigenvalue weighted by atomic mass is 35.5. The van der Waals surface area contributed by atoms with Crippen LogP contribution in [0.3, 0.4) is 0 Å². The fourth-order valence-corrected chi connectivity index (χ4v) is 4.58. The predicted octanol–water partition coefficient (Wildman–Crippen LogP) is 5.08. The maximum absolute atomic E-state index is 13.4. The van der Waals surface area contributed by atoms with E-state index in [1.54, 1.807) is 56.3 Å². The first kappa shape index (κ1) is 25.4. The second-order valence-electron chi connectivity index (χ2n) is 8.86. The minimum atomic E-state index is -1.15. The van der Waals surface area contributed by atoms with Crippen LogP contribution in [0.5, 0.6) is 0 Å². The molecule has 0 amide bonds. The number of esters is 1. The number of nitrogens with zero attached hydrogens (tertiary/aromatic N) is 3. The van der Waals surface area contributed by atoms with E-state index < -0.39 is 17.8 Å². The van der Waals surface area contributed by atoms with Crippen molar-refractivity contribution >= 4 is 45.1 Å². The number of carbonyl (C=O) groups is 1. The minimum absolute atomic E-state index is 0.144. The molecule has 10 heteroatoms. The SMILES string of the molecule is CCOC(=O)c1ccc2c(=O)n(CC(O)Nc3cc(C)c4nc(C)oc4c3)nc(-c3cccc(Cl)c3)c2c1. The van der Waals surface area contributed by atoms with Crippen molar-refractivity contribution in [3.8, 4) is 11.3 Å². The second kappa shape index (κ2) is 10.3. The zero-order valence-corrected chi connectivity index (χ0v) is 21.7. The van der Waals surface area contributed by atoms with Crippen molar-refractivity contribution in [2.45, 2.75) is 33.5 Å². The first-order chi connectivity index (χ1) is 18.2. The third kappa shape index (κ3) is 4.98. The number of carbonyl (C=O) groups excluding carboxylic acids is 1. The van der Waals surface area contributed by atoms with Crippen molar-refractivity contribution in [2.75, 3.05) is 11.9 Å². The van der Waals surface area contributed by atoms with E-state index in [4.69, 9.17) is 20.8 Å². The smallest absolute Gasteiger partial charge is 0.338 e. The summed E-state index contributed by atoms with van der Waals surface area (Å²) in [5.41, 5.74) is 3.83. The van der Waals surface area contributed by atoms with E-state index >= 15 is 0 Å². The van der Waals surface area contributed by atoms with Gasteiger partial charge < -0.3 is 19.6 Å². The predicted molar refractivity (Wildman–Crippen MR) is 146 cm³/mol. The standard InChI is InChI=1S/C28H25ClN4O5/c1-4-37-28(36)18-8-9-21-22(12-18)26(17-6-5-7-19(29)11-17)32-33(27(21)35)14-24(34)31-20-10-15(2)25-23(13-20)38-16(3)30-25/h5-13,24,31,34H,4,14H2,1-3H3. The number of nitrogens with one attached hydrogen (secondary N) is 1. The van der Waals surface area contributed by atoms with Crippen LogP contribution in [-0.4, -0.2) is 38.7 Å². The average molecular weight is 533 g/mol. The highest BCUT2D eigenvalue weighted by Gasteiger charge is 2.18. The summed E-state index contributed by atoms with van der Waals surface area (Å²) in [6.45, 7) is 5.48. The lowest BCUT2D eigenvalue weighted by molar-refractivity contribution is 0.0526. The minimum Gasteiger partial charge on any atom is -0.462 e. The van der Waals surface area contributed by atoms with E-state index in [0.29, 0.717) is 49.8 Å². The number of aliphatic hydroxyl groups excluding tert-OH is 1. The number of benzene rings is 3. The molecule has 2 aromatic heterocycles. The van der Waals surface area contributed by atoms with Gasteiger partial charge in [0.1, 0.15) is 11.7 Å². The van der Waals surface area contributed by atoms with Gasteiger partial charge >= 0.3 is 5.97 Å². The number of ether oxygens (including phenoxy) is 1. The lowest BCUT2D eigenvalue weighted by Crippen LogP contribution is -2.33. The van der Waals surface area contributed by atoms with E-state index in [0.717, 1.165) is 11.1 Å². The molecule has 2 heterocycles. The van der Waals surface area contributed by atoms with Crippen molar-refractivity contribution in [1.82, 2.24) is 14.8 Å². The zero-order valence-electron chi connectivity index (χ0n) is 21.0. The molecule has 3 aromatic carbocycles. The van der Waals surface area contributed by atoms with Crippen LogP contribution in [0, 0.1) is 13.8 Å². The van der Waals surface area contributed by atoms with E-state index in [2.05, 4.69) is 15.4 Å². The van der Waals surface area contributed by atoms with Gasteiger partial charge in [0.25, 0.3) is 5.56 Å². The number of hydrogen-bond donors (Lipinski definition) is 2. The van der Waals surface area contributed by atoms with Gasteiger partial charge in [0.05, 0.1) is 29.8 Å². The second-order valence-corrected chi connectivity index (χ2v) is 9.30. The molecular formula is C28H25ClN4O5. The van der Waals surface area contributed by atoms with E-state index in [1.807, 2.05) is 19.1 Å². The molecule has 1 atom stereocenters. The number of aliphatic hydroxyl groups is 1. The molecule has 0 aliphatic heterocycles. The summed E-state index contributed by atoms with van der Waals surface area (Å²) in [6.07, 6.45) is -1.15. The molecule has 5 aromatic rings. The van der Waals surface area contributed by atoms with Crippen molar-refractivity contribution in [2.24, 2.45) is 0 Å². The third-order valence-electron chi connectivity index (χ3n) is 6.04. The van der Waals surface area contributed by atoms with Gasteiger partial charge in [-0.2, -0.15) is 5.10 Å². The Hall–Kier alpha value is -4.21. The number of rotatable bonds is 7. The number of oxazole rings is 1. The molecule has 0 aliphatic rings. The summed E-state index contributed by atoms with van der Waals surface area (Å²) < 4.78 is 12.0. The average Bonchev–Trinajstić information content (AvgIpc) is 3.26. The number of anilines is 1. The van der Waals surface area contributed by atoms with Crippen LogP contribution in [0.4, 0.5) is 5.69 Å². The summed E-state index contributed by atoms with van der Waals surface area (Å²) in [5.74, 6) is 0.0526. The Balaban J connectivity index is 1.55. The molecule has 0 radical (unpaired) electrons. The molecule has 5 rings (SSSR count). The van der Waals surface area contributed by atoms with Gasteiger partial charge in [-0.15, -0.1) is 0 Å². The molecule has 194 valence electrons. The number of aryl methyl sites for hydroxylation is 2. The Morgan fingerprint density at radius 2 is 1.97 bits per heavy atom. The van der Waals surface area contributed by atoms with Crippen LogP contribution < -0.4 is 10.9 Å². The van der Waals surface area contributed by atoms with Crippen LogP contribution in [0.25, 0.3) is 33.1 Å². The van der Waals surface area contributed by atoms with Gasteiger partial charge in [0.15, 0.2) is 11.5 Å². The first-order valence-corrected chi connectivity index (χ1v) is 12.4. The molecule has 0 saturated heterocycles. The topological polar surface area (TPSA) is 119 Å². The quantitative estimate of drug-likeness (QED) is 0.220. The van der Waals surface area contributed by atoms with Crippen LogP contribution in [0.15, 0.2) is 63.8 Å². The highest BCUT2D eigenvalue weighted by Crippen LogP contribution is 2.28. The monoisotopic (exact) mass is 532 g/mol. The third-order valence-corrected chi connectivity index (χ3v) is 6.28. The van der Waals surface area contributed by atoms with Gasteiger partial charge in [-0.1, -0.05) is 23.7 Å². The first-order valence-electron chi connectivity index (χ1n) is 12.0. The van der Waals surface area contributed by atoms with Crippen molar-refractivity contribution in [1.29, 1.82) is 0 Å². The summed E-state index contributed by atoms with van der Waals surface area (Å²) >= 11 is 6.24. The summed E-state index contributed by atoms with van der Waals surface area (Å²) in [5, 5.41) is 19.7. The molecule has 0 aliphatic carbocycles. The van der Waals surface area contributed by atoms with Crippen LogP contribution in [-0.2, 0) is 11.3 Å². The van der Waals surface area contributed by atoms with Crippen LogP contribution in [0.1, 0.15) is 28.7 Å². The Morgan fingerprint density at radius 1 is 1.16 bits per heavy atom. The molecule has 0 bridgehead atoms. The number of halogens is 1. The molecule has 0 spiro atoms. The summed E-state index contributed by atoms with van der Waals surface area (Å²) in [7, 11) is 0. The van der Waals surface area contributed by atoms with Crippen LogP contribution in [0.2, 0.25) is 5.02 Å². The lowest BCUT2D eigenvalue weighted by atomic mass is 10.0. The fraction of sp³-hybridized carbons (Fsp3) is 0.214. The molecule has 1 unspecified atom stereocenters. The van der Waals surface area contributed by atoms with Gasteiger partial charge in [0.2, 0.25) is 0 Å². The zero-order chi connectivity index (χ0) is 27.0. The van der Waals surface area contributed by atoms with Crippen molar-refractivity contribution in [3.63, 3.8) is 0 Å². The van der Waals surface area contributed by atoms with Gasteiger partial charge in [0, 0.05) is 34.6 Å². The molecule has 0 saturated carbocycles. The number of fused-ring (bicyclic) bond motifs is 2. The molecule has 9 nitrogen and oxygen atoms in total. The Morgan fingerprint density at radius 3 is 2.74 bits per heavy atom. The molecule has 0 fully saturated rings. The van der Waals surface area contributed by atoms with Gasteiger partial charge in [-0.3, -0.25) is 4.79 Å². The van der Waals surface area contributed by atoms with Crippen molar-refractivity contribution < 1.29 is 19.1 Å². The molecule has 38 heavy (non-hydrogen) atoms. The Kier molecular flexibility index (Phi) is 6.88. The normalized spacial score (nSPS) is 12.1. The largest absolute Gasteiger partial charge is 0.462 e. The molecule has 2 N–H and O–H groups in total. The summed E-state index contributed by atoms with van der Waals surface area (Å²) in [4.78, 5) is 30.1. The lowest BCUT2D eigenvalue weighted by Gasteiger charge is -2.17. The van der Waals surface area contributed by atoms with Gasteiger partial charge in [-0.05, 0) is 55.8 Å². The maximum Gasteiger partial charge on any atom is 0.338 e. The number of hydrogen-bond acceptors (Lipinski definition) is 8. The fourth-order valence-electron chi connectivity index (χ4n) is 4.39. The molecular weight excluding hydrogens is 508 g/mol. The van der Waals surface area contributed by atoms with Crippen molar-refractivity contribution in [3.05, 3.63) is 87.0 Å². The van der Waals surface area contributed by atoms with Gasteiger partial charge in [-0.25, -0.2) is 14.5 Å². The van der Waals surface area contributed by atoms with E-state index in [1.165, 1.54) is 4.68 Å².